The average Bonchev–Trinajstić information content (AvgIpc) is 3.38. The van der Waals surface area contributed by atoms with E-state index in [1.165, 1.54) is 18.3 Å². The predicted molar refractivity (Wildman–Crippen MR) is 104 cm³/mol. The molecule has 0 aliphatic rings. The largest absolute Gasteiger partial charge is 0.392 e. The number of aliphatic hydroxyl groups is 3. The van der Waals surface area contributed by atoms with Crippen molar-refractivity contribution in [2.45, 2.75) is 19.8 Å². The summed E-state index contributed by atoms with van der Waals surface area (Å²) in [6.07, 6.45) is 3.30. The lowest BCUT2D eigenvalue weighted by molar-refractivity contribution is 0.103. The Morgan fingerprint density at radius 3 is 2.39 bits per heavy atom. The molecule has 0 saturated carbocycles. The fraction of sp³-hybridized carbons (Fsp3) is 0.143. The zero-order valence-electron chi connectivity index (χ0n) is 14.9. The van der Waals surface area contributed by atoms with Crippen LogP contribution in [0, 0.1) is 0 Å². The fourth-order valence-corrected chi connectivity index (χ4v) is 3.41. The van der Waals surface area contributed by atoms with E-state index in [0.29, 0.717) is 33.8 Å². The number of aliphatic hydroxyl groups excluding tert-OH is 3. The molecule has 0 unspecified atom stereocenters. The summed E-state index contributed by atoms with van der Waals surface area (Å²) >= 11 is 0. The molecule has 2 aromatic carbocycles. The maximum Gasteiger partial charge on any atom is 0.210 e. The van der Waals surface area contributed by atoms with Gasteiger partial charge in [0.2, 0.25) is 5.78 Å². The number of ketones is 1. The Bertz CT molecular complexity index is 1130. The monoisotopic (exact) mass is 377 g/mol. The quantitative estimate of drug-likeness (QED) is 0.330. The predicted octanol–water partition coefficient (Wildman–Crippen LogP) is 2.27. The van der Waals surface area contributed by atoms with Crippen molar-refractivity contribution in [3.63, 3.8) is 0 Å². The molecule has 4 aromatic rings. The van der Waals surface area contributed by atoms with E-state index in [0.717, 1.165) is 16.5 Å². The third-order valence-corrected chi connectivity index (χ3v) is 4.86. The molecule has 0 aliphatic heterocycles. The average molecular weight is 377 g/mol. The summed E-state index contributed by atoms with van der Waals surface area (Å²) in [7, 11) is 0. The molecule has 0 radical (unpaired) electrons. The summed E-state index contributed by atoms with van der Waals surface area (Å²) in [5.74, 6) is 0.255. The first kappa shape index (κ1) is 18.1. The minimum atomic E-state index is -0.340. The SMILES string of the molecule is O=C(c1cc(CO)c(CO)c(CO)c1)c1cnc(-c2c[nH]c3ccccc23)[nH]1. The summed E-state index contributed by atoms with van der Waals surface area (Å²) < 4.78 is 0. The highest BCUT2D eigenvalue weighted by atomic mass is 16.3. The summed E-state index contributed by atoms with van der Waals surface area (Å²) in [6, 6.07) is 10.9. The highest BCUT2D eigenvalue weighted by Gasteiger charge is 2.18. The molecule has 0 bridgehead atoms. The Hall–Kier alpha value is -3.26. The van der Waals surface area contributed by atoms with Crippen molar-refractivity contribution in [1.29, 1.82) is 0 Å². The van der Waals surface area contributed by atoms with Crippen LogP contribution >= 0.6 is 0 Å². The number of H-pyrrole nitrogens is 2. The number of nitrogens with one attached hydrogen (secondary N) is 2. The van der Waals surface area contributed by atoms with Gasteiger partial charge in [-0.25, -0.2) is 4.98 Å². The van der Waals surface area contributed by atoms with Crippen LogP contribution < -0.4 is 0 Å². The van der Waals surface area contributed by atoms with Gasteiger partial charge in [0.1, 0.15) is 11.5 Å². The Labute approximate surface area is 160 Å². The molecule has 0 aliphatic carbocycles. The van der Waals surface area contributed by atoms with Crippen LogP contribution in [0.5, 0.6) is 0 Å². The van der Waals surface area contributed by atoms with Gasteiger partial charge in [0, 0.05) is 28.2 Å². The van der Waals surface area contributed by atoms with Crippen LogP contribution in [0.25, 0.3) is 22.3 Å². The molecule has 4 rings (SSSR count). The minimum Gasteiger partial charge on any atom is -0.392 e. The van der Waals surface area contributed by atoms with Gasteiger partial charge in [-0.3, -0.25) is 4.79 Å². The number of benzene rings is 2. The third kappa shape index (κ3) is 3.01. The van der Waals surface area contributed by atoms with E-state index in [1.807, 2.05) is 30.5 Å². The molecule has 0 atom stereocenters. The van der Waals surface area contributed by atoms with Gasteiger partial charge in [-0.2, -0.15) is 0 Å². The number of aromatic nitrogens is 3. The maximum atomic E-state index is 12.9. The van der Waals surface area contributed by atoms with E-state index in [-0.39, 0.29) is 25.6 Å². The van der Waals surface area contributed by atoms with Gasteiger partial charge < -0.3 is 25.3 Å². The highest BCUT2D eigenvalue weighted by molar-refractivity contribution is 6.08. The molecule has 0 spiro atoms. The number of nitrogens with zero attached hydrogens (tertiary/aromatic N) is 1. The molecule has 7 nitrogen and oxygen atoms in total. The minimum absolute atomic E-state index is 0.296. The fourth-order valence-electron chi connectivity index (χ4n) is 3.41. The van der Waals surface area contributed by atoms with E-state index in [1.54, 1.807) is 0 Å². The zero-order chi connectivity index (χ0) is 19.7. The van der Waals surface area contributed by atoms with Crippen LogP contribution in [0.4, 0.5) is 0 Å². The van der Waals surface area contributed by atoms with Crippen molar-refractivity contribution >= 4 is 16.7 Å². The van der Waals surface area contributed by atoms with Gasteiger partial charge in [0.25, 0.3) is 0 Å². The Morgan fingerprint density at radius 1 is 1.00 bits per heavy atom. The first-order valence-electron chi connectivity index (χ1n) is 8.79. The number of hydrogen-bond acceptors (Lipinski definition) is 5. The Balaban J connectivity index is 1.72. The lowest BCUT2D eigenvalue weighted by atomic mass is 9.96. The van der Waals surface area contributed by atoms with Gasteiger partial charge in [-0.1, -0.05) is 18.2 Å². The van der Waals surface area contributed by atoms with Crippen molar-refractivity contribution in [3.05, 3.63) is 76.7 Å². The number of fused-ring (bicyclic) bond motifs is 1. The van der Waals surface area contributed by atoms with Crippen LogP contribution in [0.2, 0.25) is 0 Å². The summed E-state index contributed by atoms with van der Waals surface area (Å²) in [5.41, 5.74) is 3.69. The van der Waals surface area contributed by atoms with Crippen molar-refractivity contribution in [3.8, 4) is 11.4 Å². The molecule has 142 valence electrons. The lowest BCUT2D eigenvalue weighted by Crippen LogP contribution is -2.08. The Morgan fingerprint density at radius 2 is 1.71 bits per heavy atom. The van der Waals surface area contributed by atoms with E-state index >= 15 is 0 Å². The number of rotatable bonds is 6. The van der Waals surface area contributed by atoms with Gasteiger partial charge in [-0.15, -0.1) is 0 Å². The normalized spacial score (nSPS) is 11.2. The number of aromatic amines is 2. The molecule has 2 aromatic heterocycles. The molecule has 28 heavy (non-hydrogen) atoms. The van der Waals surface area contributed by atoms with Gasteiger partial charge >= 0.3 is 0 Å². The van der Waals surface area contributed by atoms with Crippen molar-refractivity contribution in [2.75, 3.05) is 0 Å². The molecule has 0 amide bonds. The first-order valence-corrected chi connectivity index (χ1v) is 8.79. The Kier molecular flexibility index (Phi) is 4.79. The second kappa shape index (κ2) is 7.40. The maximum absolute atomic E-state index is 12.9. The van der Waals surface area contributed by atoms with E-state index < -0.39 is 0 Å². The van der Waals surface area contributed by atoms with Gasteiger partial charge in [0.05, 0.1) is 26.0 Å². The molecule has 0 saturated heterocycles. The highest BCUT2D eigenvalue weighted by Crippen LogP contribution is 2.27. The van der Waals surface area contributed by atoms with Gasteiger partial charge in [-0.05, 0) is 34.9 Å². The second-order valence-corrected chi connectivity index (χ2v) is 6.47. The standard InChI is InChI=1S/C21H19N3O4/c25-9-13-5-12(6-14(10-26)17(13)11-27)20(28)19-8-23-21(24-19)16-7-22-18-4-2-1-3-15(16)18/h1-8,22,25-27H,9-11H2,(H,23,24). The zero-order valence-corrected chi connectivity index (χ0v) is 14.9. The second-order valence-electron chi connectivity index (χ2n) is 6.47. The van der Waals surface area contributed by atoms with Crippen LogP contribution in [-0.4, -0.2) is 36.1 Å². The molecule has 7 heteroatoms. The molecule has 5 N–H and O–H groups in total. The number of hydrogen-bond donors (Lipinski definition) is 5. The smallest absolute Gasteiger partial charge is 0.210 e. The van der Waals surface area contributed by atoms with Crippen molar-refractivity contribution < 1.29 is 20.1 Å². The molecular weight excluding hydrogens is 358 g/mol. The van der Waals surface area contributed by atoms with Crippen LogP contribution in [0.1, 0.15) is 32.7 Å². The van der Waals surface area contributed by atoms with Gasteiger partial charge in [0.15, 0.2) is 0 Å². The number of imidazole rings is 1. The summed E-state index contributed by atoms with van der Waals surface area (Å²) in [5, 5.41) is 29.6. The van der Waals surface area contributed by atoms with E-state index in [2.05, 4.69) is 15.0 Å². The van der Waals surface area contributed by atoms with Crippen molar-refractivity contribution in [1.82, 2.24) is 15.0 Å². The third-order valence-electron chi connectivity index (χ3n) is 4.86. The van der Waals surface area contributed by atoms with Crippen LogP contribution in [0.15, 0.2) is 48.8 Å². The number of carbonyl (C=O) groups is 1. The molecule has 2 heterocycles. The summed E-state index contributed by atoms with van der Waals surface area (Å²) in [6.45, 7) is -1.00. The van der Waals surface area contributed by atoms with E-state index in [9.17, 15) is 20.1 Å². The van der Waals surface area contributed by atoms with Crippen LogP contribution in [0.3, 0.4) is 0 Å². The molecular formula is C21H19N3O4. The first-order chi connectivity index (χ1) is 13.7. The number of para-hydroxylation sites is 1. The topological polar surface area (TPSA) is 122 Å². The molecule has 0 fully saturated rings. The lowest BCUT2D eigenvalue weighted by Gasteiger charge is -2.12. The number of carbonyl (C=O) groups excluding carboxylic acids is 1. The van der Waals surface area contributed by atoms with E-state index in [4.69, 9.17) is 0 Å². The van der Waals surface area contributed by atoms with Crippen LogP contribution in [-0.2, 0) is 19.8 Å². The summed E-state index contributed by atoms with van der Waals surface area (Å²) in [4.78, 5) is 23.5. The van der Waals surface area contributed by atoms with Crippen molar-refractivity contribution in [2.24, 2.45) is 0 Å².